The Balaban J connectivity index is 0.000000135. The van der Waals surface area contributed by atoms with E-state index in [-0.39, 0.29) is 0 Å². The van der Waals surface area contributed by atoms with Crippen LogP contribution in [0.3, 0.4) is 0 Å². The predicted octanol–water partition coefficient (Wildman–Crippen LogP) is 20.3. The molecule has 12 aromatic rings. The molecule has 1 aliphatic rings. The Kier molecular flexibility index (Phi) is 22.0. The SMILES string of the molecule is CCc1cccc(-c2ccc(-c3ccccc3C)[n+](C)c2)c1.Cc1cccc(-c2ccc(-c3ccccc3C)[n+](C)c2)c1.Cc1ccccc1-c1ccc(-c2ccc(C3CCCC3)cc2)c[n+]1C.Cc1ccccc1-c1ccc(-c2ccc(CC(C)C)cc2)c[n+]1C. The minimum atomic E-state index is 0.696. The van der Waals surface area contributed by atoms with E-state index in [1.54, 1.807) is 0 Å². The molecule has 0 atom stereocenters. The van der Waals surface area contributed by atoms with Crippen molar-refractivity contribution < 1.29 is 18.3 Å². The molecule has 4 aromatic heterocycles. The maximum absolute atomic E-state index is 2.33. The highest BCUT2D eigenvalue weighted by atomic mass is 14.9. The van der Waals surface area contributed by atoms with Gasteiger partial charge >= 0.3 is 0 Å². The standard InChI is InChI=1S/C24H26N.C23H26N.C21H22N.C20H20N/c1-18-7-3-6-10-23(18)24-16-15-22(17-25(24)2)21-13-11-20(12-14-21)19-8-4-5-9-19;1-17(2)15-19-9-11-20(12-10-19)21-13-14-23(24(4)16-21)22-8-6-5-7-18(22)3;1-4-17-9-7-10-18(14-17)19-12-13-21(22(3)15-19)20-11-6-5-8-16(20)2;1-15-7-6-9-17(13-15)18-11-12-20(21(3)14-18)19-10-5-4-8-16(19)2/h3,6-7,10-17,19H,4-5,8-9H2,1-2H3;5-14,16-17H,15H2,1-4H3;5-15H,4H2,1-3H3;4-14H,1-3H3/q4*+1. The summed E-state index contributed by atoms with van der Waals surface area (Å²) in [5, 5.41) is 0. The lowest BCUT2D eigenvalue weighted by Gasteiger charge is -2.10. The lowest BCUT2D eigenvalue weighted by atomic mass is 9.95. The Bertz CT molecular complexity index is 4430. The van der Waals surface area contributed by atoms with Gasteiger partial charge in [-0.3, -0.25) is 0 Å². The Morgan fingerprint density at radius 3 is 1.01 bits per heavy atom. The molecule has 1 aliphatic carbocycles. The number of hydrogen-bond acceptors (Lipinski definition) is 0. The smallest absolute Gasteiger partial charge is 0.200 e. The molecule has 0 radical (unpaired) electrons. The predicted molar refractivity (Wildman–Crippen MR) is 387 cm³/mol. The number of benzene rings is 8. The zero-order valence-corrected chi connectivity index (χ0v) is 56.6. The summed E-state index contributed by atoms with van der Waals surface area (Å²) in [5.74, 6) is 1.48. The normalized spacial score (nSPS) is 11.9. The van der Waals surface area contributed by atoms with Gasteiger partial charge in [-0.2, -0.15) is 0 Å². The van der Waals surface area contributed by atoms with Crippen LogP contribution in [0.2, 0.25) is 0 Å². The number of hydrogen-bond donors (Lipinski definition) is 0. The second-order valence-electron chi connectivity index (χ2n) is 25.7. The quantitative estimate of drug-likeness (QED) is 0.108. The molecular weight excluding hydrogens is 1110 g/mol. The van der Waals surface area contributed by atoms with Gasteiger partial charge in [-0.1, -0.05) is 209 Å². The van der Waals surface area contributed by atoms with Gasteiger partial charge in [-0.25, -0.2) is 18.3 Å². The van der Waals surface area contributed by atoms with Crippen LogP contribution in [0.5, 0.6) is 0 Å². The van der Waals surface area contributed by atoms with Crippen molar-refractivity contribution in [3.05, 3.63) is 312 Å². The summed E-state index contributed by atoms with van der Waals surface area (Å²) in [6.07, 6.45) is 16.6. The first-order valence-corrected chi connectivity index (χ1v) is 33.2. The van der Waals surface area contributed by atoms with Crippen molar-refractivity contribution in [3.63, 3.8) is 0 Å². The van der Waals surface area contributed by atoms with Gasteiger partial charge in [-0.15, -0.1) is 0 Å². The van der Waals surface area contributed by atoms with Crippen LogP contribution in [0, 0.1) is 40.5 Å². The zero-order chi connectivity index (χ0) is 64.7. The van der Waals surface area contributed by atoms with Gasteiger partial charge in [0.25, 0.3) is 0 Å². The van der Waals surface area contributed by atoms with Gasteiger partial charge in [0.2, 0.25) is 22.8 Å². The molecule has 0 spiro atoms. The van der Waals surface area contributed by atoms with Crippen molar-refractivity contribution in [2.45, 2.75) is 99.8 Å². The Labute approximate surface area is 550 Å². The molecule has 1 saturated carbocycles. The summed E-state index contributed by atoms with van der Waals surface area (Å²) in [6.45, 7) is 17.5. The van der Waals surface area contributed by atoms with Gasteiger partial charge in [-0.05, 0) is 182 Å². The van der Waals surface area contributed by atoms with Gasteiger partial charge in [0, 0.05) is 68.8 Å². The molecule has 0 unspecified atom stereocenters. The molecule has 0 aliphatic heterocycles. The average molecular weight is 1210 g/mol. The summed E-state index contributed by atoms with van der Waals surface area (Å²) in [4.78, 5) is 0. The van der Waals surface area contributed by atoms with E-state index in [0.717, 1.165) is 18.8 Å². The molecule has 8 aromatic carbocycles. The fourth-order valence-electron chi connectivity index (χ4n) is 13.0. The topological polar surface area (TPSA) is 15.5 Å². The molecule has 92 heavy (non-hydrogen) atoms. The van der Waals surface area contributed by atoms with Crippen molar-refractivity contribution >= 4 is 0 Å². The molecule has 4 heteroatoms. The highest BCUT2D eigenvalue weighted by Gasteiger charge is 2.20. The molecule has 13 rings (SSSR count). The molecule has 4 heterocycles. The third-order valence-electron chi connectivity index (χ3n) is 18.2. The summed E-state index contributed by atoms with van der Waals surface area (Å²) in [7, 11) is 8.49. The van der Waals surface area contributed by atoms with Gasteiger partial charge in [0.1, 0.15) is 28.2 Å². The lowest BCUT2D eigenvalue weighted by Crippen LogP contribution is -2.30. The minimum Gasteiger partial charge on any atom is -0.200 e. The second-order valence-corrected chi connectivity index (χ2v) is 25.7. The molecule has 0 amide bonds. The average Bonchev–Trinajstić information content (AvgIpc) is 1.28. The number of rotatable bonds is 12. The van der Waals surface area contributed by atoms with Crippen LogP contribution in [0.1, 0.15) is 96.9 Å². The molecule has 0 bridgehead atoms. The van der Waals surface area contributed by atoms with E-state index in [0.29, 0.717) is 5.92 Å². The van der Waals surface area contributed by atoms with E-state index >= 15 is 0 Å². The molecule has 462 valence electrons. The molecule has 1 fully saturated rings. The third kappa shape index (κ3) is 16.5. The summed E-state index contributed by atoms with van der Waals surface area (Å²) in [5.41, 5.74) is 31.1. The van der Waals surface area contributed by atoms with Crippen LogP contribution >= 0.6 is 0 Å². The van der Waals surface area contributed by atoms with E-state index in [2.05, 4.69) is 369 Å². The van der Waals surface area contributed by atoms with Gasteiger partial charge < -0.3 is 0 Å². The zero-order valence-electron chi connectivity index (χ0n) is 56.6. The number of pyridine rings is 4. The maximum atomic E-state index is 2.33. The lowest BCUT2D eigenvalue weighted by molar-refractivity contribution is -0.660. The third-order valence-corrected chi connectivity index (χ3v) is 18.2. The van der Waals surface area contributed by atoms with E-state index < -0.39 is 0 Å². The summed E-state index contributed by atoms with van der Waals surface area (Å²) < 4.78 is 8.89. The largest absolute Gasteiger partial charge is 0.212 e. The second kappa shape index (κ2) is 30.9. The minimum absolute atomic E-state index is 0.696. The number of aromatic nitrogens is 4. The molecule has 0 saturated heterocycles. The number of nitrogens with zero attached hydrogens (tertiary/aromatic N) is 4. The highest BCUT2D eigenvalue weighted by Crippen LogP contribution is 2.35. The first-order chi connectivity index (χ1) is 44.6. The van der Waals surface area contributed by atoms with Crippen LogP contribution in [-0.4, -0.2) is 0 Å². The molecule has 0 N–H and O–H groups in total. The van der Waals surface area contributed by atoms with E-state index in [1.807, 2.05) is 0 Å². The highest BCUT2D eigenvalue weighted by molar-refractivity contribution is 5.70. The first-order valence-electron chi connectivity index (χ1n) is 33.2. The molecule has 4 nitrogen and oxygen atoms in total. The Hall–Kier alpha value is -9.64. The Morgan fingerprint density at radius 2 is 0.663 bits per heavy atom. The van der Waals surface area contributed by atoms with Crippen molar-refractivity contribution in [2.75, 3.05) is 0 Å². The summed E-state index contributed by atoms with van der Waals surface area (Å²) >= 11 is 0. The van der Waals surface area contributed by atoms with Gasteiger partial charge in [0.05, 0.1) is 0 Å². The van der Waals surface area contributed by atoms with Crippen molar-refractivity contribution in [2.24, 2.45) is 34.1 Å². The first kappa shape index (κ1) is 65.3. The fraction of sp³-hybridized carbons (Fsp3) is 0.227. The number of aryl methyl sites for hydroxylation is 10. The van der Waals surface area contributed by atoms with E-state index in [9.17, 15) is 0 Å². The van der Waals surface area contributed by atoms with E-state index in [4.69, 9.17) is 0 Å². The van der Waals surface area contributed by atoms with E-state index in [1.165, 1.54) is 160 Å². The van der Waals surface area contributed by atoms with Crippen LogP contribution in [0.25, 0.3) is 89.5 Å². The van der Waals surface area contributed by atoms with Crippen LogP contribution in [-0.2, 0) is 41.0 Å². The van der Waals surface area contributed by atoms with Crippen LogP contribution < -0.4 is 18.3 Å². The maximum Gasteiger partial charge on any atom is 0.212 e. The monoisotopic (exact) mass is 1210 g/mol. The van der Waals surface area contributed by atoms with Gasteiger partial charge in [0.15, 0.2) is 24.8 Å². The van der Waals surface area contributed by atoms with Crippen LogP contribution in [0.15, 0.2) is 267 Å². The van der Waals surface area contributed by atoms with Crippen molar-refractivity contribution in [3.8, 4) is 89.5 Å². The van der Waals surface area contributed by atoms with Crippen molar-refractivity contribution in [1.82, 2.24) is 0 Å². The van der Waals surface area contributed by atoms with Crippen LogP contribution in [0.4, 0.5) is 0 Å². The Morgan fingerprint density at radius 1 is 0.326 bits per heavy atom. The fourth-order valence-corrected chi connectivity index (χ4v) is 13.0. The van der Waals surface area contributed by atoms with Crippen molar-refractivity contribution in [1.29, 1.82) is 0 Å². The summed E-state index contributed by atoms with van der Waals surface area (Å²) in [6, 6.07) is 87.6. The molecular formula is C88H94N4+4.